The van der Waals surface area contributed by atoms with Gasteiger partial charge in [-0.05, 0) is 56.7 Å². The first kappa shape index (κ1) is 20.8. The minimum Gasteiger partial charge on any atom is -0.390 e. The zero-order chi connectivity index (χ0) is 22.9. The summed E-state index contributed by atoms with van der Waals surface area (Å²) in [6.45, 7) is 6.09. The highest BCUT2D eigenvalue weighted by molar-refractivity contribution is 5.84. The largest absolute Gasteiger partial charge is 0.390 e. The van der Waals surface area contributed by atoms with E-state index < -0.39 is 0 Å². The lowest BCUT2D eigenvalue weighted by molar-refractivity contribution is 0.277. The number of hydrogen-bond donors (Lipinski definition) is 2. The third kappa shape index (κ3) is 3.94. The molecule has 0 aliphatic rings. The van der Waals surface area contributed by atoms with Crippen LogP contribution in [-0.2, 0) is 6.61 Å². The van der Waals surface area contributed by atoms with E-state index in [1.807, 2.05) is 64.9 Å². The average molecular weight is 441 g/mol. The Hall–Kier alpha value is -4.11. The molecule has 5 rings (SSSR count). The molecule has 0 aliphatic heterocycles. The van der Waals surface area contributed by atoms with Crippen LogP contribution in [0.25, 0.3) is 28.3 Å². The van der Waals surface area contributed by atoms with Crippen molar-refractivity contribution in [1.29, 1.82) is 0 Å². The number of nitrogens with zero attached hydrogens (tertiary/aromatic N) is 7. The van der Waals surface area contributed by atoms with E-state index >= 15 is 0 Å². The zero-order valence-corrected chi connectivity index (χ0v) is 18.6. The molecule has 9 heteroatoms. The molecule has 0 saturated carbocycles. The average Bonchev–Trinajstić information content (AvgIpc) is 3.45. The van der Waals surface area contributed by atoms with Crippen LogP contribution in [0.5, 0.6) is 0 Å². The first-order valence-electron chi connectivity index (χ1n) is 10.7. The molecular formula is C24H24N8O. The maximum Gasteiger partial charge on any atom is 0.200 e. The molecular weight excluding hydrogens is 416 g/mol. The van der Waals surface area contributed by atoms with Gasteiger partial charge in [-0.15, -0.1) is 5.10 Å². The van der Waals surface area contributed by atoms with Crippen LogP contribution >= 0.6 is 0 Å². The lowest BCUT2D eigenvalue weighted by Crippen LogP contribution is -2.05. The van der Waals surface area contributed by atoms with Crippen molar-refractivity contribution >= 4 is 17.2 Å². The minimum absolute atomic E-state index is 0.138. The Morgan fingerprint density at radius 2 is 1.88 bits per heavy atom. The van der Waals surface area contributed by atoms with Gasteiger partial charge in [-0.3, -0.25) is 9.67 Å². The van der Waals surface area contributed by atoms with E-state index in [1.54, 1.807) is 12.3 Å². The normalized spacial score (nSPS) is 11.4. The van der Waals surface area contributed by atoms with Crippen LogP contribution in [0, 0.1) is 6.92 Å². The van der Waals surface area contributed by atoms with E-state index in [0.717, 1.165) is 22.3 Å². The minimum atomic E-state index is -0.138. The van der Waals surface area contributed by atoms with E-state index in [9.17, 15) is 5.11 Å². The molecule has 0 unspecified atom stereocenters. The van der Waals surface area contributed by atoms with Gasteiger partial charge in [0.1, 0.15) is 17.0 Å². The Morgan fingerprint density at radius 3 is 2.61 bits per heavy atom. The Kier molecular flexibility index (Phi) is 5.31. The fourth-order valence-corrected chi connectivity index (χ4v) is 3.71. The van der Waals surface area contributed by atoms with Gasteiger partial charge in [0.05, 0.1) is 18.0 Å². The maximum absolute atomic E-state index is 9.47. The van der Waals surface area contributed by atoms with Crippen LogP contribution in [0.4, 0.5) is 11.6 Å². The number of fused-ring (bicyclic) bond motifs is 1. The number of hydrogen-bond acceptors (Lipinski definition) is 7. The molecule has 0 aromatic carbocycles. The van der Waals surface area contributed by atoms with Gasteiger partial charge in [0, 0.05) is 30.2 Å². The van der Waals surface area contributed by atoms with E-state index in [1.165, 1.54) is 0 Å². The number of pyridine rings is 2. The summed E-state index contributed by atoms with van der Waals surface area (Å²) in [5.41, 5.74) is 4.90. The monoisotopic (exact) mass is 440 g/mol. The van der Waals surface area contributed by atoms with Crippen molar-refractivity contribution in [2.45, 2.75) is 33.4 Å². The van der Waals surface area contributed by atoms with E-state index in [4.69, 9.17) is 15.2 Å². The number of aliphatic hydroxyl groups excluding tert-OH is 1. The van der Waals surface area contributed by atoms with Crippen LogP contribution in [0.15, 0.2) is 61.1 Å². The van der Waals surface area contributed by atoms with E-state index in [2.05, 4.69) is 29.1 Å². The highest BCUT2D eigenvalue weighted by Crippen LogP contribution is 2.32. The Bertz CT molecular complexity index is 1420. The number of nitrogens with one attached hydrogen (secondary N) is 1. The third-order valence-corrected chi connectivity index (χ3v) is 5.41. The summed E-state index contributed by atoms with van der Waals surface area (Å²) in [4.78, 5) is 13.7. The van der Waals surface area contributed by atoms with Crippen LogP contribution in [0.2, 0.25) is 0 Å². The van der Waals surface area contributed by atoms with Crippen molar-refractivity contribution in [3.05, 3.63) is 72.3 Å². The second-order valence-electron chi connectivity index (χ2n) is 8.03. The smallest absolute Gasteiger partial charge is 0.200 e. The highest BCUT2D eigenvalue weighted by Gasteiger charge is 2.19. The summed E-state index contributed by atoms with van der Waals surface area (Å²) in [6.07, 6.45) is 5.66. The van der Waals surface area contributed by atoms with Crippen LogP contribution in [0.3, 0.4) is 0 Å². The number of rotatable bonds is 6. The summed E-state index contributed by atoms with van der Waals surface area (Å²) >= 11 is 0. The molecule has 2 N–H and O–H groups in total. The molecule has 9 nitrogen and oxygen atoms in total. The Labute approximate surface area is 190 Å². The van der Waals surface area contributed by atoms with Crippen LogP contribution in [0.1, 0.15) is 31.1 Å². The molecule has 5 aromatic heterocycles. The first-order chi connectivity index (χ1) is 16.0. The molecule has 0 radical (unpaired) electrons. The molecule has 0 saturated heterocycles. The predicted molar refractivity (Wildman–Crippen MR) is 126 cm³/mol. The van der Waals surface area contributed by atoms with Gasteiger partial charge in [-0.2, -0.15) is 5.10 Å². The van der Waals surface area contributed by atoms with Gasteiger partial charge in [0.25, 0.3) is 0 Å². The van der Waals surface area contributed by atoms with Crippen molar-refractivity contribution < 1.29 is 5.11 Å². The maximum atomic E-state index is 9.47. The Morgan fingerprint density at radius 1 is 1.00 bits per heavy atom. The van der Waals surface area contributed by atoms with Crippen molar-refractivity contribution in [1.82, 2.24) is 34.3 Å². The van der Waals surface area contributed by atoms with Crippen molar-refractivity contribution in [2.24, 2.45) is 0 Å². The number of anilines is 2. The molecule has 5 aromatic rings. The summed E-state index contributed by atoms with van der Waals surface area (Å²) in [5, 5.41) is 22.3. The standard InChI is InChI=1S/C24H24N8O/c1-15(2)31-12-10-19(29-31)18-13-32-22(16(18)3)24(27-21-9-6-7-17(14-33)26-21)28-23(30-32)20-8-4-5-11-25-20/h4-13,15,33H,14H2,1-3H3,(H,26,27,28,30). The van der Waals surface area contributed by atoms with Crippen molar-refractivity contribution in [2.75, 3.05) is 5.32 Å². The topological polar surface area (TPSA) is 106 Å². The molecule has 33 heavy (non-hydrogen) atoms. The molecule has 0 fully saturated rings. The second-order valence-corrected chi connectivity index (χ2v) is 8.03. The third-order valence-electron chi connectivity index (χ3n) is 5.41. The molecule has 0 bridgehead atoms. The molecule has 5 heterocycles. The van der Waals surface area contributed by atoms with Gasteiger partial charge in [0.15, 0.2) is 5.82 Å². The van der Waals surface area contributed by atoms with Gasteiger partial charge < -0.3 is 10.4 Å². The van der Waals surface area contributed by atoms with Gasteiger partial charge in [-0.25, -0.2) is 14.5 Å². The van der Waals surface area contributed by atoms with Gasteiger partial charge in [0.2, 0.25) is 5.82 Å². The second kappa shape index (κ2) is 8.44. The molecule has 166 valence electrons. The van der Waals surface area contributed by atoms with E-state index in [0.29, 0.717) is 28.8 Å². The van der Waals surface area contributed by atoms with Gasteiger partial charge >= 0.3 is 0 Å². The van der Waals surface area contributed by atoms with Crippen molar-refractivity contribution in [3.8, 4) is 22.8 Å². The number of aromatic nitrogens is 7. The summed E-state index contributed by atoms with van der Waals surface area (Å²) in [5.74, 6) is 1.67. The van der Waals surface area contributed by atoms with Crippen LogP contribution in [-0.4, -0.2) is 39.5 Å². The quantitative estimate of drug-likeness (QED) is 0.408. The highest BCUT2D eigenvalue weighted by atomic mass is 16.3. The molecule has 0 atom stereocenters. The molecule has 0 aliphatic carbocycles. The number of aryl methyl sites for hydroxylation is 1. The predicted octanol–water partition coefficient (Wildman–Crippen LogP) is 4.18. The molecule has 0 amide bonds. The fourth-order valence-electron chi connectivity index (χ4n) is 3.71. The molecule has 0 spiro atoms. The lowest BCUT2D eigenvalue weighted by atomic mass is 10.1. The SMILES string of the molecule is Cc1c(-c2ccn(C(C)C)n2)cn2nc(-c3ccccn3)nc(Nc3cccc(CO)n3)c12. The van der Waals surface area contributed by atoms with E-state index in [-0.39, 0.29) is 12.6 Å². The first-order valence-corrected chi connectivity index (χ1v) is 10.7. The van der Waals surface area contributed by atoms with Gasteiger partial charge in [-0.1, -0.05) is 12.1 Å². The number of aliphatic hydroxyl groups is 1. The summed E-state index contributed by atoms with van der Waals surface area (Å²) < 4.78 is 3.75. The fraction of sp³-hybridized carbons (Fsp3) is 0.208. The zero-order valence-electron chi connectivity index (χ0n) is 18.6. The van der Waals surface area contributed by atoms with Crippen molar-refractivity contribution in [3.63, 3.8) is 0 Å². The summed E-state index contributed by atoms with van der Waals surface area (Å²) in [6, 6.07) is 13.4. The summed E-state index contributed by atoms with van der Waals surface area (Å²) in [7, 11) is 0. The Balaban J connectivity index is 1.69. The van der Waals surface area contributed by atoms with Crippen LogP contribution < -0.4 is 5.32 Å². The lowest BCUT2D eigenvalue weighted by Gasteiger charge is -2.10.